The summed E-state index contributed by atoms with van der Waals surface area (Å²) in [5, 5.41) is 11.0. The molecule has 1 aromatic rings. The van der Waals surface area contributed by atoms with Crippen LogP contribution in [-0.2, 0) is 10.2 Å². The lowest BCUT2D eigenvalue weighted by atomic mass is 9.76. The van der Waals surface area contributed by atoms with E-state index in [9.17, 15) is 10.1 Å². The minimum atomic E-state index is -0.602. The highest BCUT2D eigenvalue weighted by molar-refractivity contribution is 5.67. The predicted octanol–water partition coefficient (Wildman–Crippen LogP) is 3.91. The molecule has 2 heterocycles. The smallest absolute Gasteiger partial charge is 0.247 e. The maximum absolute atomic E-state index is 11.0. The molecule has 5 heteroatoms. The zero-order valence-corrected chi connectivity index (χ0v) is 14.1. The van der Waals surface area contributed by atoms with Gasteiger partial charge >= 0.3 is 0 Å². The van der Waals surface area contributed by atoms with Crippen molar-refractivity contribution in [2.45, 2.75) is 37.8 Å². The number of nitro groups is 1. The molecule has 2 aliphatic heterocycles. The van der Waals surface area contributed by atoms with Gasteiger partial charge in [-0.25, -0.2) is 0 Å². The van der Waals surface area contributed by atoms with Crippen molar-refractivity contribution in [1.82, 2.24) is 0 Å². The second-order valence-electron chi connectivity index (χ2n) is 7.10. The second-order valence-corrected chi connectivity index (χ2v) is 7.10. The fourth-order valence-electron chi connectivity index (χ4n) is 4.14. The summed E-state index contributed by atoms with van der Waals surface area (Å²) in [6.45, 7) is 4.37. The van der Waals surface area contributed by atoms with Crippen LogP contribution < -0.4 is 4.90 Å². The number of fused-ring (bicyclic) bond motifs is 1. The van der Waals surface area contributed by atoms with Gasteiger partial charge in [-0.15, -0.1) is 0 Å². The number of anilines is 1. The zero-order chi connectivity index (χ0) is 17.1. The molecular formula is C19H20N2O3. The third kappa shape index (κ3) is 1.75. The Morgan fingerprint density at radius 3 is 2.71 bits per heavy atom. The van der Waals surface area contributed by atoms with Crippen molar-refractivity contribution in [2.75, 3.05) is 11.9 Å². The Labute approximate surface area is 141 Å². The first-order valence-corrected chi connectivity index (χ1v) is 8.16. The number of rotatable bonds is 1. The van der Waals surface area contributed by atoms with Crippen molar-refractivity contribution < 1.29 is 9.66 Å². The minimum Gasteiger partial charge on any atom is -0.467 e. The lowest BCUT2D eigenvalue weighted by molar-refractivity contribution is -0.428. The first kappa shape index (κ1) is 15.0. The van der Waals surface area contributed by atoms with Crippen molar-refractivity contribution >= 4 is 5.69 Å². The molecule has 1 aromatic carbocycles. The molecule has 0 saturated heterocycles. The van der Waals surface area contributed by atoms with E-state index in [1.165, 1.54) is 5.56 Å². The minimum absolute atomic E-state index is 0.236. The van der Waals surface area contributed by atoms with E-state index in [2.05, 4.69) is 36.9 Å². The third-order valence-corrected chi connectivity index (χ3v) is 5.59. The van der Waals surface area contributed by atoms with Crippen LogP contribution in [0, 0.1) is 10.1 Å². The van der Waals surface area contributed by atoms with Crippen LogP contribution in [0.1, 0.15) is 32.3 Å². The molecule has 3 aliphatic rings. The van der Waals surface area contributed by atoms with Gasteiger partial charge in [-0.05, 0) is 37.6 Å². The number of hydrogen-bond acceptors (Lipinski definition) is 4. The van der Waals surface area contributed by atoms with Crippen LogP contribution in [-0.4, -0.2) is 17.7 Å². The van der Waals surface area contributed by atoms with Gasteiger partial charge in [0.1, 0.15) is 5.76 Å². The van der Waals surface area contributed by atoms with E-state index >= 15 is 0 Å². The number of nitrogens with zero attached hydrogens (tertiary/aromatic N) is 2. The Bertz CT molecular complexity index is 835. The SMILES string of the molecule is CN1c2ccccc2C(C)(C)C12C=CC1=C(CCC([N+](=O)[O-])=C1)O2. The van der Waals surface area contributed by atoms with Crippen molar-refractivity contribution in [3.63, 3.8) is 0 Å². The molecule has 1 atom stereocenters. The highest BCUT2D eigenvalue weighted by atomic mass is 16.6. The van der Waals surface area contributed by atoms with Crippen LogP contribution in [0.15, 0.2) is 59.5 Å². The van der Waals surface area contributed by atoms with Gasteiger partial charge in [0.25, 0.3) is 0 Å². The second kappa shape index (κ2) is 4.72. The molecular weight excluding hydrogens is 304 g/mol. The van der Waals surface area contributed by atoms with Crippen LogP contribution in [0.2, 0.25) is 0 Å². The molecule has 0 aromatic heterocycles. The molecule has 0 radical (unpaired) electrons. The van der Waals surface area contributed by atoms with Crippen molar-refractivity contribution in [1.29, 1.82) is 0 Å². The Hall–Kier alpha value is -2.56. The third-order valence-electron chi connectivity index (χ3n) is 5.59. The highest BCUT2D eigenvalue weighted by Gasteiger charge is 2.57. The molecule has 0 amide bonds. The Morgan fingerprint density at radius 2 is 2.00 bits per heavy atom. The van der Waals surface area contributed by atoms with E-state index in [1.807, 2.05) is 25.3 Å². The van der Waals surface area contributed by atoms with E-state index in [-0.39, 0.29) is 16.0 Å². The maximum atomic E-state index is 11.0. The number of ether oxygens (including phenoxy) is 1. The molecule has 124 valence electrons. The summed E-state index contributed by atoms with van der Waals surface area (Å²) in [4.78, 5) is 12.9. The standard InChI is InChI=1S/C19H20N2O3/c1-18(2)15-6-4-5-7-16(15)20(3)19(18)11-10-13-12-14(21(22)23)8-9-17(13)24-19/h4-7,10-12H,8-9H2,1-3H3. The van der Waals surface area contributed by atoms with Crippen LogP contribution in [0.5, 0.6) is 0 Å². The highest BCUT2D eigenvalue weighted by Crippen LogP contribution is 2.54. The Morgan fingerprint density at radius 1 is 1.25 bits per heavy atom. The van der Waals surface area contributed by atoms with Crippen LogP contribution in [0.3, 0.4) is 0 Å². The van der Waals surface area contributed by atoms with Crippen LogP contribution in [0.4, 0.5) is 5.69 Å². The van der Waals surface area contributed by atoms with E-state index < -0.39 is 5.72 Å². The summed E-state index contributed by atoms with van der Waals surface area (Å²) in [5.41, 5.74) is 2.64. The van der Waals surface area contributed by atoms with Gasteiger partial charge in [0.2, 0.25) is 11.4 Å². The molecule has 4 rings (SSSR count). The van der Waals surface area contributed by atoms with Gasteiger partial charge in [0.05, 0.1) is 10.3 Å². The molecule has 1 aliphatic carbocycles. The number of hydrogen-bond donors (Lipinski definition) is 0. The first-order valence-electron chi connectivity index (χ1n) is 8.16. The van der Waals surface area contributed by atoms with Crippen LogP contribution in [0.25, 0.3) is 0 Å². The lowest BCUT2D eigenvalue weighted by Gasteiger charge is -2.46. The van der Waals surface area contributed by atoms with Gasteiger partial charge in [-0.1, -0.05) is 18.2 Å². The topological polar surface area (TPSA) is 55.6 Å². The summed E-state index contributed by atoms with van der Waals surface area (Å²) in [7, 11) is 2.05. The van der Waals surface area contributed by atoms with Gasteiger partial charge in [-0.3, -0.25) is 10.1 Å². The van der Waals surface area contributed by atoms with E-state index in [0.29, 0.717) is 12.8 Å². The van der Waals surface area contributed by atoms with E-state index in [1.54, 1.807) is 6.08 Å². The molecule has 1 unspecified atom stereocenters. The molecule has 0 N–H and O–H groups in total. The van der Waals surface area contributed by atoms with Crippen molar-refractivity contribution in [3.8, 4) is 0 Å². The average molecular weight is 324 g/mol. The number of benzene rings is 1. The number of para-hydroxylation sites is 1. The molecule has 0 saturated carbocycles. The average Bonchev–Trinajstić information content (AvgIpc) is 2.74. The number of allylic oxidation sites excluding steroid dienone is 5. The van der Waals surface area contributed by atoms with Crippen LogP contribution >= 0.6 is 0 Å². The monoisotopic (exact) mass is 324 g/mol. The quantitative estimate of drug-likeness (QED) is 0.580. The lowest BCUT2D eigenvalue weighted by Crippen LogP contribution is -2.55. The van der Waals surface area contributed by atoms with Crippen molar-refractivity contribution in [2.24, 2.45) is 0 Å². The molecule has 24 heavy (non-hydrogen) atoms. The zero-order valence-electron chi connectivity index (χ0n) is 14.1. The maximum Gasteiger partial charge on any atom is 0.247 e. The summed E-state index contributed by atoms with van der Waals surface area (Å²) in [6.07, 6.45) is 6.63. The first-order chi connectivity index (χ1) is 11.4. The number of likely N-dealkylation sites (N-methyl/N-ethyl adjacent to an activating group) is 1. The summed E-state index contributed by atoms with van der Waals surface area (Å²) in [6, 6.07) is 8.34. The van der Waals surface area contributed by atoms with E-state index in [0.717, 1.165) is 17.0 Å². The predicted molar refractivity (Wildman–Crippen MR) is 92.2 cm³/mol. The Kier molecular flexibility index (Phi) is 2.95. The Balaban J connectivity index is 1.78. The molecule has 0 fully saturated rings. The van der Waals surface area contributed by atoms with Gasteiger partial charge < -0.3 is 9.64 Å². The largest absolute Gasteiger partial charge is 0.467 e. The summed E-state index contributed by atoms with van der Waals surface area (Å²) >= 11 is 0. The summed E-state index contributed by atoms with van der Waals surface area (Å²) < 4.78 is 6.53. The fraction of sp³-hybridized carbons (Fsp3) is 0.368. The fourth-order valence-corrected chi connectivity index (χ4v) is 4.14. The summed E-state index contributed by atoms with van der Waals surface area (Å²) in [5.74, 6) is 0.843. The van der Waals surface area contributed by atoms with Crippen molar-refractivity contribution in [3.05, 3.63) is 75.2 Å². The van der Waals surface area contributed by atoms with Gasteiger partial charge in [0, 0.05) is 37.2 Å². The van der Waals surface area contributed by atoms with E-state index in [4.69, 9.17) is 4.74 Å². The van der Waals surface area contributed by atoms with Gasteiger partial charge in [-0.2, -0.15) is 0 Å². The molecule has 1 spiro atoms. The van der Waals surface area contributed by atoms with Gasteiger partial charge in [0.15, 0.2) is 0 Å². The molecule has 5 nitrogen and oxygen atoms in total. The molecule has 0 bridgehead atoms. The normalized spacial score (nSPS) is 26.8.